The Morgan fingerprint density at radius 3 is 2.54 bits per heavy atom. The minimum absolute atomic E-state index is 0.122. The summed E-state index contributed by atoms with van der Waals surface area (Å²) >= 11 is 0. The molecule has 0 bridgehead atoms. The van der Waals surface area contributed by atoms with Crippen molar-refractivity contribution in [1.29, 1.82) is 0 Å². The van der Waals surface area contributed by atoms with E-state index in [1.54, 1.807) is 0 Å². The zero-order valence-corrected chi connectivity index (χ0v) is 17.1. The molecule has 0 spiro atoms. The number of piperidine rings is 1. The largest absolute Gasteiger partial charge is 0.395 e. The minimum atomic E-state index is 0.122. The Kier molecular flexibility index (Phi) is 7.54. The lowest BCUT2D eigenvalue weighted by Gasteiger charge is -2.33. The molecule has 2 aromatic carbocycles. The van der Waals surface area contributed by atoms with E-state index in [2.05, 4.69) is 84.4 Å². The van der Waals surface area contributed by atoms with Gasteiger partial charge in [-0.2, -0.15) is 0 Å². The van der Waals surface area contributed by atoms with Gasteiger partial charge in [0.1, 0.15) is 0 Å². The Morgan fingerprint density at radius 2 is 1.86 bits per heavy atom. The van der Waals surface area contributed by atoms with Gasteiger partial charge in [-0.1, -0.05) is 50.0 Å². The van der Waals surface area contributed by atoms with Crippen LogP contribution in [-0.2, 0) is 6.54 Å². The van der Waals surface area contributed by atoms with Crippen LogP contribution in [0, 0.1) is 11.8 Å². The van der Waals surface area contributed by atoms with Gasteiger partial charge in [0, 0.05) is 36.8 Å². The molecule has 1 aliphatic rings. The maximum Gasteiger partial charge on any atom is 0.0540 e. The molecule has 0 radical (unpaired) electrons. The van der Waals surface area contributed by atoms with Crippen LogP contribution in [0.5, 0.6) is 0 Å². The topological polar surface area (TPSA) is 35.5 Å². The van der Waals surface area contributed by atoms with E-state index in [1.807, 2.05) is 0 Å². The van der Waals surface area contributed by atoms with Crippen molar-refractivity contribution in [2.24, 2.45) is 0 Å². The van der Waals surface area contributed by atoms with Crippen molar-refractivity contribution in [3.63, 3.8) is 0 Å². The Labute approximate surface area is 169 Å². The quantitative estimate of drug-likeness (QED) is 0.722. The third kappa shape index (κ3) is 6.12. The number of aliphatic hydroxyl groups excluding tert-OH is 1. The summed E-state index contributed by atoms with van der Waals surface area (Å²) < 4.78 is 0. The van der Waals surface area contributed by atoms with E-state index in [1.165, 1.54) is 29.7 Å². The first-order valence-electron chi connectivity index (χ1n) is 10.4. The number of rotatable bonds is 6. The summed E-state index contributed by atoms with van der Waals surface area (Å²) in [5.41, 5.74) is 4.96. The van der Waals surface area contributed by atoms with Crippen molar-refractivity contribution in [2.45, 2.75) is 51.6 Å². The van der Waals surface area contributed by atoms with Crippen LogP contribution in [-0.4, -0.2) is 35.7 Å². The lowest BCUT2D eigenvalue weighted by molar-refractivity contribution is 0.208. The highest BCUT2D eigenvalue weighted by atomic mass is 16.2. The summed E-state index contributed by atoms with van der Waals surface area (Å²) in [6, 6.07) is 17.9. The van der Waals surface area contributed by atoms with E-state index in [0.717, 1.165) is 25.2 Å². The van der Waals surface area contributed by atoms with E-state index in [0.29, 0.717) is 18.4 Å². The van der Waals surface area contributed by atoms with Gasteiger partial charge < -0.3 is 10.4 Å². The Balaban J connectivity index is 1.52. The summed E-state index contributed by atoms with van der Waals surface area (Å²) in [5.74, 6) is 6.64. The van der Waals surface area contributed by atoms with Gasteiger partial charge in [-0.25, -0.2) is 0 Å². The summed E-state index contributed by atoms with van der Waals surface area (Å²) in [6.07, 6.45) is 2.98. The fourth-order valence-electron chi connectivity index (χ4n) is 3.69. The van der Waals surface area contributed by atoms with Crippen molar-refractivity contribution in [1.82, 2.24) is 4.90 Å². The molecule has 0 aliphatic carbocycles. The normalized spacial score (nSPS) is 17.2. The van der Waals surface area contributed by atoms with Crippen LogP contribution in [0.25, 0.3) is 0 Å². The standard InChI is InChI=1S/C25H32N2O/c1-20(2)23-12-14-24(15-13-23)26-25-7-5-16-27(19-25)18-22-10-8-21(9-11-22)6-3-4-17-28/h8-15,20,25-26,28H,4-5,7,16-19H2,1-2H3. The number of benzene rings is 2. The highest BCUT2D eigenvalue weighted by molar-refractivity contribution is 5.46. The van der Waals surface area contributed by atoms with Crippen molar-refractivity contribution >= 4 is 5.69 Å². The lowest BCUT2D eigenvalue weighted by Crippen LogP contribution is -2.41. The Morgan fingerprint density at radius 1 is 1.11 bits per heavy atom. The molecule has 1 fully saturated rings. The smallest absolute Gasteiger partial charge is 0.0540 e. The molecule has 2 aromatic rings. The molecule has 1 saturated heterocycles. The maximum absolute atomic E-state index is 8.81. The number of likely N-dealkylation sites (tertiary alicyclic amines) is 1. The van der Waals surface area contributed by atoms with Gasteiger partial charge in [0.2, 0.25) is 0 Å². The SMILES string of the molecule is CC(C)c1ccc(NC2CCCN(Cc3ccc(C#CCCO)cc3)C2)cc1. The average molecular weight is 377 g/mol. The Hall–Kier alpha value is -2.28. The van der Waals surface area contributed by atoms with Crippen molar-refractivity contribution < 1.29 is 5.11 Å². The minimum Gasteiger partial charge on any atom is -0.395 e. The number of nitrogens with zero attached hydrogens (tertiary/aromatic N) is 1. The summed E-state index contributed by atoms with van der Waals surface area (Å²) in [5, 5.41) is 12.5. The molecule has 3 nitrogen and oxygen atoms in total. The molecule has 2 N–H and O–H groups in total. The van der Waals surface area contributed by atoms with Crippen LogP contribution < -0.4 is 5.32 Å². The van der Waals surface area contributed by atoms with E-state index in [4.69, 9.17) is 5.11 Å². The predicted molar refractivity (Wildman–Crippen MR) is 117 cm³/mol. The molecule has 148 valence electrons. The third-order valence-corrected chi connectivity index (χ3v) is 5.28. The molecule has 1 unspecified atom stereocenters. The zero-order chi connectivity index (χ0) is 19.8. The predicted octanol–water partition coefficient (Wildman–Crippen LogP) is 4.62. The van der Waals surface area contributed by atoms with Crippen molar-refractivity contribution in [3.05, 3.63) is 65.2 Å². The second-order valence-electron chi connectivity index (χ2n) is 7.97. The van der Waals surface area contributed by atoms with Gasteiger partial charge in [0.05, 0.1) is 6.61 Å². The molecule has 1 aliphatic heterocycles. The molecule has 3 heteroatoms. The van der Waals surface area contributed by atoms with Gasteiger partial charge >= 0.3 is 0 Å². The first-order valence-corrected chi connectivity index (χ1v) is 10.4. The number of hydrogen-bond donors (Lipinski definition) is 2. The fourth-order valence-corrected chi connectivity index (χ4v) is 3.69. The van der Waals surface area contributed by atoms with Gasteiger partial charge in [0.15, 0.2) is 0 Å². The van der Waals surface area contributed by atoms with Crippen LogP contribution in [0.15, 0.2) is 48.5 Å². The van der Waals surface area contributed by atoms with E-state index < -0.39 is 0 Å². The van der Waals surface area contributed by atoms with Crippen LogP contribution in [0.3, 0.4) is 0 Å². The van der Waals surface area contributed by atoms with E-state index in [9.17, 15) is 0 Å². The molecule has 1 heterocycles. The molecule has 3 rings (SSSR count). The van der Waals surface area contributed by atoms with Crippen molar-refractivity contribution in [3.8, 4) is 11.8 Å². The molecule has 0 amide bonds. The lowest BCUT2D eigenvalue weighted by atomic mass is 10.0. The van der Waals surface area contributed by atoms with Crippen LogP contribution in [0.1, 0.15) is 55.7 Å². The summed E-state index contributed by atoms with van der Waals surface area (Å²) in [7, 11) is 0. The molecular formula is C25H32N2O. The number of hydrogen-bond acceptors (Lipinski definition) is 3. The van der Waals surface area contributed by atoms with E-state index >= 15 is 0 Å². The van der Waals surface area contributed by atoms with Gasteiger partial charge in [-0.3, -0.25) is 4.90 Å². The average Bonchev–Trinajstić information content (AvgIpc) is 2.70. The molecular weight excluding hydrogens is 344 g/mol. The number of nitrogens with one attached hydrogen (secondary N) is 1. The summed E-state index contributed by atoms with van der Waals surface area (Å²) in [4.78, 5) is 2.54. The van der Waals surface area contributed by atoms with Crippen LogP contribution in [0.2, 0.25) is 0 Å². The molecule has 0 saturated carbocycles. The Bertz CT molecular complexity index is 784. The second kappa shape index (κ2) is 10.3. The highest BCUT2D eigenvalue weighted by Crippen LogP contribution is 2.21. The van der Waals surface area contributed by atoms with Gasteiger partial charge in [0.25, 0.3) is 0 Å². The summed E-state index contributed by atoms with van der Waals surface area (Å²) in [6.45, 7) is 7.80. The van der Waals surface area contributed by atoms with Crippen molar-refractivity contribution in [2.75, 3.05) is 25.0 Å². The first kappa shape index (κ1) is 20.5. The highest BCUT2D eigenvalue weighted by Gasteiger charge is 2.19. The monoisotopic (exact) mass is 376 g/mol. The third-order valence-electron chi connectivity index (χ3n) is 5.28. The molecule has 0 aromatic heterocycles. The second-order valence-corrected chi connectivity index (χ2v) is 7.97. The molecule has 1 atom stereocenters. The zero-order valence-electron chi connectivity index (χ0n) is 17.1. The van der Waals surface area contributed by atoms with Crippen LogP contribution in [0.4, 0.5) is 5.69 Å². The maximum atomic E-state index is 8.81. The van der Waals surface area contributed by atoms with Gasteiger partial charge in [-0.05, 0) is 60.7 Å². The number of anilines is 1. The fraction of sp³-hybridized carbons (Fsp3) is 0.440. The van der Waals surface area contributed by atoms with Gasteiger partial charge in [-0.15, -0.1) is 0 Å². The first-order chi connectivity index (χ1) is 13.6. The molecule has 28 heavy (non-hydrogen) atoms. The number of aliphatic hydroxyl groups is 1. The van der Waals surface area contributed by atoms with E-state index in [-0.39, 0.29) is 6.61 Å². The van der Waals surface area contributed by atoms with Crippen LogP contribution >= 0.6 is 0 Å².